The first kappa shape index (κ1) is 30.5. The number of ether oxygens (including phenoxy) is 1. The number of pyridine rings is 1. The molecule has 0 amide bonds. The number of rotatable bonds is 4. The van der Waals surface area contributed by atoms with Gasteiger partial charge in [-0.2, -0.15) is 0 Å². The van der Waals surface area contributed by atoms with Crippen LogP contribution >= 0.6 is 0 Å². The van der Waals surface area contributed by atoms with Crippen molar-refractivity contribution in [1.29, 1.82) is 0 Å². The Morgan fingerprint density at radius 1 is 0.389 bits per heavy atom. The maximum Gasteiger partial charge on any atom is 0.160 e. The van der Waals surface area contributed by atoms with Gasteiger partial charge in [-0.1, -0.05) is 140 Å². The maximum atomic E-state index is 6.68. The molecule has 4 heteroatoms. The molecule has 0 atom stereocenters. The smallest absolute Gasteiger partial charge is 0.160 e. The van der Waals surface area contributed by atoms with Crippen LogP contribution in [0.4, 0.5) is 0 Å². The largest absolute Gasteiger partial charge is 0.457 e. The van der Waals surface area contributed by atoms with Gasteiger partial charge in [0, 0.05) is 39.4 Å². The van der Waals surface area contributed by atoms with Crippen molar-refractivity contribution in [2.75, 3.05) is 0 Å². The zero-order valence-electron chi connectivity index (χ0n) is 29.1. The molecule has 0 fully saturated rings. The molecule has 11 rings (SSSR count). The molecule has 0 N–H and O–H groups in total. The Balaban J connectivity index is 1.19. The molecule has 1 spiro atoms. The molecular weight excluding hydrogens is 659 g/mol. The third-order valence-corrected chi connectivity index (χ3v) is 11.0. The van der Waals surface area contributed by atoms with Crippen molar-refractivity contribution in [3.63, 3.8) is 0 Å². The fourth-order valence-electron chi connectivity index (χ4n) is 8.65. The average Bonchev–Trinajstić information content (AvgIpc) is 3.53. The molecule has 0 unspecified atom stereocenters. The third kappa shape index (κ3) is 4.53. The minimum absolute atomic E-state index is 0.662. The van der Waals surface area contributed by atoms with Gasteiger partial charge in [-0.05, 0) is 75.8 Å². The van der Waals surface area contributed by atoms with E-state index in [0.29, 0.717) is 5.82 Å². The fourth-order valence-corrected chi connectivity index (χ4v) is 8.65. The van der Waals surface area contributed by atoms with Gasteiger partial charge in [0.15, 0.2) is 5.82 Å². The summed E-state index contributed by atoms with van der Waals surface area (Å²) in [4.78, 5) is 15.2. The van der Waals surface area contributed by atoms with Crippen LogP contribution in [0.5, 0.6) is 11.5 Å². The van der Waals surface area contributed by atoms with Crippen LogP contribution in [-0.4, -0.2) is 15.0 Å². The second-order valence-corrected chi connectivity index (χ2v) is 13.9. The van der Waals surface area contributed by atoms with Gasteiger partial charge in [-0.15, -0.1) is 0 Å². The van der Waals surface area contributed by atoms with Crippen molar-refractivity contribution in [3.05, 3.63) is 210 Å². The molecule has 7 aromatic carbocycles. The zero-order valence-corrected chi connectivity index (χ0v) is 29.1. The molecule has 0 saturated carbocycles. The van der Waals surface area contributed by atoms with Crippen LogP contribution < -0.4 is 4.74 Å². The molecular formula is C50H31N3O. The van der Waals surface area contributed by atoms with Gasteiger partial charge >= 0.3 is 0 Å². The van der Waals surface area contributed by atoms with Crippen molar-refractivity contribution in [2.24, 2.45) is 0 Å². The van der Waals surface area contributed by atoms with Crippen molar-refractivity contribution >= 4 is 10.9 Å². The lowest BCUT2D eigenvalue weighted by atomic mass is 9.65. The second-order valence-electron chi connectivity index (χ2n) is 13.9. The van der Waals surface area contributed by atoms with Gasteiger partial charge in [-0.25, -0.2) is 9.97 Å². The molecule has 1 aliphatic heterocycles. The van der Waals surface area contributed by atoms with Crippen LogP contribution in [0.3, 0.4) is 0 Å². The van der Waals surface area contributed by atoms with Crippen LogP contribution in [0.15, 0.2) is 188 Å². The molecule has 54 heavy (non-hydrogen) atoms. The standard InChI is InChI=1S/C50H31N3O/c1-3-13-32(14-4-1)45-31-46(33-15-5-2-6-16-33)53-49(52-45)35-25-27-38-37-26-24-34(36-17-11-21-44-39(36)18-12-28-51-44)29-42(37)50(43(38)30-35)40-19-7-9-22-47(40)54-48-23-10-8-20-41(48)50/h1-31H. The summed E-state index contributed by atoms with van der Waals surface area (Å²) >= 11 is 0. The Kier molecular flexibility index (Phi) is 6.73. The molecule has 9 aromatic rings. The topological polar surface area (TPSA) is 47.9 Å². The number of hydrogen-bond donors (Lipinski definition) is 0. The van der Waals surface area contributed by atoms with E-state index in [0.717, 1.165) is 72.7 Å². The van der Waals surface area contributed by atoms with E-state index >= 15 is 0 Å². The molecule has 0 bridgehead atoms. The van der Waals surface area contributed by atoms with Crippen LogP contribution in [0.25, 0.3) is 67.1 Å². The van der Waals surface area contributed by atoms with E-state index in [1.165, 1.54) is 22.3 Å². The lowest BCUT2D eigenvalue weighted by molar-refractivity contribution is 0.436. The van der Waals surface area contributed by atoms with E-state index in [-0.39, 0.29) is 0 Å². The summed E-state index contributed by atoms with van der Waals surface area (Å²) in [5.74, 6) is 2.39. The summed E-state index contributed by atoms with van der Waals surface area (Å²) in [6.07, 6.45) is 1.86. The monoisotopic (exact) mass is 689 g/mol. The Morgan fingerprint density at radius 2 is 0.963 bits per heavy atom. The average molecular weight is 690 g/mol. The normalized spacial score (nSPS) is 13.1. The molecule has 1 aliphatic carbocycles. The van der Waals surface area contributed by atoms with Gasteiger partial charge in [-0.3, -0.25) is 4.98 Å². The minimum atomic E-state index is -0.662. The number of nitrogens with zero attached hydrogens (tertiary/aromatic N) is 3. The number of para-hydroxylation sites is 2. The van der Waals surface area contributed by atoms with E-state index < -0.39 is 5.41 Å². The predicted octanol–water partition coefficient (Wildman–Crippen LogP) is 12.2. The van der Waals surface area contributed by atoms with Crippen molar-refractivity contribution in [1.82, 2.24) is 15.0 Å². The fraction of sp³-hybridized carbons (Fsp3) is 0.0200. The van der Waals surface area contributed by atoms with Crippen LogP contribution in [0, 0.1) is 0 Å². The van der Waals surface area contributed by atoms with E-state index in [4.69, 9.17) is 14.7 Å². The number of fused-ring (bicyclic) bond motifs is 10. The summed E-state index contributed by atoms with van der Waals surface area (Å²) in [6.45, 7) is 0. The summed E-state index contributed by atoms with van der Waals surface area (Å²) in [5.41, 5.74) is 14.5. The van der Waals surface area contributed by atoms with Crippen LogP contribution in [-0.2, 0) is 5.41 Å². The quantitative estimate of drug-likeness (QED) is 0.185. The number of hydrogen-bond acceptors (Lipinski definition) is 4. The second kappa shape index (κ2) is 11.9. The molecule has 252 valence electrons. The van der Waals surface area contributed by atoms with E-state index in [2.05, 4.69) is 169 Å². The number of benzene rings is 7. The van der Waals surface area contributed by atoms with Crippen LogP contribution in [0.1, 0.15) is 22.3 Å². The maximum absolute atomic E-state index is 6.68. The highest BCUT2D eigenvalue weighted by molar-refractivity contribution is 5.97. The first-order chi connectivity index (χ1) is 26.8. The molecule has 2 aromatic heterocycles. The lowest BCUT2D eigenvalue weighted by Crippen LogP contribution is -2.32. The highest BCUT2D eigenvalue weighted by Crippen LogP contribution is 2.62. The Bertz CT molecular complexity index is 2810. The summed E-state index contributed by atoms with van der Waals surface area (Å²) < 4.78 is 6.68. The Morgan fingerprint density at radius 3 is 1.61 bits per heavy atom. The van der Waals surface area contributed by atoms with Gasteiger partial charge in [0.25, 0.3) is 0 Å². The first-order valence-electron chi connectivity index (χ1n) is 18.3. The minimum Gasteiger partial charge on any atom is -0.457 e. The molecule has 0 radical (unpaired) electrons. The van der Waals surface area contributed by atoms with E-state index in [1.807, 2.05) is 24.4 Å². The lowest BCUT2D eigenvalue weighted by Gasteiger charge is -2.39. The van der Waals surface area contributed by atoms with E-state index in [1.54, 1.807) is 0 Å². The molecule has 4 nitrogen and oxygen atoms in total. The first-order valence-corrected chi connectivity index (χ1v) is 18.3. The van der Waals surface area contributed by atoms with Gasteiger partial charge in [0.1, 0.15) is 11.5 Å². The summed E-state index contributed by atoms with van der Waals surface area (Å²) in [6, 6.07) is 64.1. The SMILES string of the molecule is c1ccc(-c2cc(-c3ccccc3)nc(-c3ccc4c(c3)C3(c5ccccc5Oc5ccccc53)c3cc(-c5cccc6ncccc56)ccc3-4)n2)cc1. The van der Waals surface area contributed by atoms with Crippen molar-refractivity contribution in [2.45, 2.75) is 5.41 Å². The van der Waals surface area contributed by atoms with Crippen molar-refractivity contribution in [3.8, 4) is 67.7 Å². The number of aromatic nitrogens is 3. The van der Waals surface area contributed by atoms with Gasteiger partial charge < -0.3 is 4.74 Å². The zero-order chi connectivity index (χ0) is 35.6. The van der Waals surface area contributed by atoms with Gasteiger partial charge in [0.05, 0.1) is 22.3 Å². The summed E-state index contributed by atoms with van der Waals surface area (Å²) in [7, 11) is 0. The van der Waals surface area contributed by atoms with Crippen molar-refractivity contribution < 1.29 is 4.74 Å². The Labute approximate surface area is 313 Å². The highest BCUT2D eigenvalue weighted by atomic mass is 16.5. The van der Waals surface area contributed by atoms with Gasteiger partial charge in [0.2, 0.25) is 0 Å². The molecule has 2 aliphatic rings. The molecule has 3 heterocycles. The highest BCUT2D eigenvalue weighted by Gasteiger charge is 2.51. The van der Waals surface area contributed by atoms with Crippen LogP contribution in [0.2, 0.25) is 0 Å². The third-order valence-electron chi connectivity index (χ3n) is 11.0. The molecule has 0 saturated heterocycles. The predicted molar refractivity (Wildman–Crippen MR) is 216 cm³/mol. The van der Waals surface area contributed by atoms with E-state index in [9.17, 15) is 0 Å². The summed E-state index contributed by atoms with van der Waals surface area (Å²) in [5, 5.41) is 1.13. The Hall–Kier alpha value is -7.17.